The molecule has 0 N–H and O–H groups in total. The molecular formula is C14H22O2. The molecule has 1 unspecified atom stereocenters. The molecule has 0 aromatic rings. The minimum atomic E-state index is 0.182. The van der Waals surface area contributed by atoms with Gasteiger partial charge in [-0.05, 0) is 57.6 Å². The number of ether oxygens (including phenoxy) is 1. The Morgan fingerprint density at radius 3 is 2.94 bits per heavy atom. The number of hydrogen-bond donors (Lipinski definition) is 0. The molecule has 0 aromatic heterocycles. The van der Waals surface area contributed by atoms with E-state index in [9.17, 15) is 4.79 Å². The first-order valence-electron chi connectivity index (χ1n) is 6.19. The zero-order chi connectivity index (χ0) is 11.8. The molecule has 0 aromatic carbocycles. The average molecular weight is 222 g/mol. The third-order valence-corrected chi connectivity index (χ3v) is 2.97. The molecule has 1 atom stereocenters. The number of rotatable bonds is 6. The van der Waals surface area contributed by atoms with Gasteiger partial charge in [0.1, 0.15) is 6.29 Å². The molecule has 0 heterocycles. The molecule has 90 valence electrons. The van der Waals surface area contributed by atoms with Crippen molar-refractivity contribution < 1.29 is 9.53 Å². The Labute approximate surface area is 98.4 Å². The van der Waals surface area contributed by atoms with Crippen molar-refractivity contribution in [3.8, 4) is 0 Å². The highest BCUT2D eigenvalue weighted by Crippen LogP contribution is 2.25. The smallest absolute Gasteiger partial charge is 0.142 e. The molecule has 2 heteroatoms. The normalized spacial score (nSPS) is 19.1. The van der Waals surface area contributed by atoms with Crippen LogP contribution in [0.2, 0.25) is 0 Å². The SMILES string of the molecule is CCOC(CC(C)=CC=O)C1=CCCCC1. The first-order valence-corrected chi connectivity index (χ1v) is 6.19. The van der Waals surface area contributed by atoms with E-state index in [4.69, 9.17) is 4.74 Å². The Kier molecular flexibility index (Phi) is 6.09. The van der Waals surface area contributed by atoms with Gasteiger partial charge in [-0.2, -0.15) is 0 Å². The van der Waals surface area contributed by atoms with Crippen LogP contribution in [0, 0.1) is 0 Å². The van der Waals surface area contributed by atoms with Crippen molar-refractivity contribution in [1.82, 2.24) is 0 Å². The van der Waals surface area contributed by atoms with E-state index in [1.54, 1.807) is 6.08 Å². The summed E-state index contributed by atoms with van der Waals surface area (Å²) in [5.41, 5.74) is 2.52. The maximum Gasteiger partial charge on any atom is 0.142 e. The van der Waals surface area contributed by atoms with Gasteiger partial charge in [0.25, 0.3) is 0 Å². The summed E-state index contributed by atoms with van der Waals surface area (Å²) in [6.45, 7) is 4.75. The van der Waals surface area contributed by atoms with Crippen LogP contribution in [0.25, 0.3) is 0 Å². The summed E-state index contributed by atoms with van der Waals surface area (Å²) >= 11 is 0. The van der Waals surface area contributed by atoms with Crippen LogP contribution in [0.15, 0.2) is 23.3 Å². The van der Waals surface area contributed by atoms with E-state index >= 15 is 0 Å². The number of carbonyl (C=O) groups is 1. The van der Waals surface area contributed by atoms with Crippen LogP contribution in [0.5, 0.6) is 0 Å². The molecule has 1 aliphatic carbocycles. The summed E-state index contributed by atoms with van der Waals surface area (Å²) in [5.74, 6) is 0. The Hall–Kier alpha value is -0.890. The van der Waals surface area contributed by atoms with E-state index in [0.717, 1.165) is 31.3 Å². The summed E-state index contributed by atoms with van der Waals surface area (Å²) in [7, 11) is 0. The Balaban J connectivity index is 2.62. The van der Waals surface area contributed by atoms with Crippen molar-refractivity contribution in [3.05, 3.63) is 23.3 Å². The van der Waals surface area contributed by atoms with Crippen LogP contribution in [0.3, 0.4) is 0 Å². The van der Waals surface area contributed by atoms with Gasteiger partial charge < -0.3 is 4.74 Å². The summed E-state index contributed by atoms with van der Waals surface area (Å²) in [6, 6.07) is 0. The fraction of sp³-hybridized carbons (Fsp3) is 0.643. The van der Waals surface area contributed by atoms with E-state index in [2.05, 4.69) is 6.08 Å². The maximum atomic E-state index is 10.4. The second-order valence-electron chi connectivity index (χ2n) is 4.32. The highest BCUT2D eigenvalue weighted by molar-refractivity contribution is 5.65. The Bertz CT molecular complexity index is 276. The fourth-order valence-electron chi connectivity index (χ4n) is 2.13. The standard InChI is InChI=1S/C14H22O2/c1-3-16-14(11-12(2)9-10-15)13-7-5-4-6-8-13/h7,9-10,14H,3-6,8,11H2,1-2H3. The van der Waals surface area contributed by atoms with Crippen LogP contribution >= 0.6 is 0 Å². The summed E-state index contributed by atoms with van der Waals surface area (Å²) in [4.78, 5) is 10.4. The van der Waals surface area contributed by atoms with E-state index in [1.165, 1.54) is 24.8 Å². The lowest BCUT2D eigenvalue weighted by Crippen LogP contribution is -2.18. The molecule has 0 spiro atoms. The predicted octanol–water partition coefficient (Wildman–Crippen LogP) is 3.43. The van der Waals surface area contributed by atoms with E-state index < -0.39 is 0 Å². The Morgan fingerprint density at radius 1 is 1.56 bits per heavy atom. The lowest BCUT2D eigenvalue weighted by Gasteiger charge is -2.23. The second kappa shape index (κ2) is 7.39. The highest BCUT2D eigenvalue weighted by atomic mass is 16.5. The van der Waals surface area contributed by atoms with Crippen molar-refractivity contribution in [2.24, 2.45) is 0 Å². The molecule has 1 rings (SSSR count). The molecule has 16 heavy (non-hydrogen) atoms. The van der Waals surface area contributed by atoms with Gasteiger partial charge in [0.05, 0.1) is 6.10 Å². The minimum absolute atomic E-state index is 0.182. The fourth-order valence-corrected chi connectivity index (χ4v) is 2.13. The minimum Gasteiger partial charge on any atom is -0.374 e. The van der Waals surface area contributed by atoms with E-state index in [0.29, 0.717) is 0 Å². The van der Waals surface area contributed by atoms with Gasteiger partial charge in [-0.1, -0.05) is 11.6 Å². The van der Waals surface area contributed by atoms with Crippen LogP contribution in [-0.4, -0.2) is 19.0 Å². The molecule has 0 bridgehead atoms. The summed E-state index contributed by atoms with van der Waals surface area (Å²) in [6.07, 6.45) is 10.7. The Morgan fingerprint density at radius 2 is 2.38 bits per heavy atom. The average Bonchev–Trinajstić information content (AvgIpc) is 2.30. The molecule has 1 aliphatic rings. The van der Waals surface area contributed by atoms with Gasteiger partial charge in [-0.15, -0.1) is 0 Å². The third-order valence-electron chi connectivity index (χ3n) is 2.97. The molecule has 2 nitrogen and oxygen atoms in total. The molecule has 0 amide bonds. The van der Waals surface area contributed by atoms with Crippen LogP contribution in [-0.2, 0) is 9.53 Å². The number of aldehydes is 1. The lowest BCUT2D eigenvalue weighted by atomic mass is 9.92. The highest BCUT2D eigenvalue weighted by Gasteiger charge is 2.16. The second-order valence-corrected chi connectivity index (χ2v) is 4.32. The lowest BCUT2D eigenvalue weighted by molar-refractivity contribution is -0.104. The monoisotopic (exact) mass is 222 g/mol. The van der Waals surface area contributed by atoms with Crippen molar-refractivity contribution in [2.45, 2.75) is 52.1 Å². The van der Waals surface area contributed by atoms with Crippen molar-refractivity contribution in [1.29, 1.82) is 0 Å². The number of allylic oxidation sites excluding steroid dienone is 2. The molecular weight excluding hydrogens is 200 g/mol. The maximum absolute atomic E-state index is 10.4. The zero-order valence-corrected chi connectivity index (χ0v) is 10.4. The zero-order valence-electron chi connectivity index (χ0n) is 10.4. The number of hydrogen-bond acceptors (Lipinski definition) is 2. The van der Waals surface area contributed by atoms with Crippen LogP contribution in [0.1, 0.15) is 46.0 Å². The van der Waals surface area contributed by atoms with Gasteiger partial charge in [0.15, 0.2) is 0 Å². The van der Waals surface area contributed by atoms with E-state index in [1.807, 2.05) is 13.8 Å². The summed E-state index contributed by atoms with van der Waals surface area (Å²) in [5, 5.41) is 0. The van der Waals surface area contributed by atoms with Crippen LogP contribution < -0.4 is 0 Å². The molecule has 0 fully saturated rings. The molecule has 0 saturated carbocycles. The van der Waals surface area contributed by atoms with Gasteiger partial charge in [-0.25, -0.2) is 0 Å². The van der Waals surface area contributed by atoms with Gasteiger partial charge in [-0.3, -0.25) is 4.79 Å². The quantitative estimate of drug-likeness (QED) is 0.391. The third kappa shape index (κ3) is 4.31. The first kappa shape index (κ1) is 13.2. The van der Waals surface area contributed by atoms with Crippen molar-refractivity contribution in [3.63, 3.8) is 0 Å². The largest absolute Gasteiger partial charge is 0.374 e. The topological polar surface area (TPSA) is 26.3 Å². The molecule has 0 aliphatic heterocycles. The first-order chi connectivity index (χ1) is 7.77. The molecule has 0 radical (unpaired) electrons. The predicted molar refractivity (Wildman–Crippen MR) is 66.4 cm³/mol. The van der Waals surface area contributed by atoms with E-state index in [-0.39, 0.29) is 6.10 Å². The van der Waals surface area contributed by atoms with Gasteiger partial charge in [0.2, 0.25) is 0 Å². The van der Waals surface area contributed by atoms with Crippen molar-refractivity contribution in [2.75, 3.05) is 6.61 Å². The van der Waals surface area contributed by atoms with Crippen LogP contribution in [0.4, 0.5) is 0 Å². The molecule has 0 saturated heterocycles. The summed E-state index contributed by atoms with van der Waals surface area (Å²) < 4.78 is 5.77. The van der Waals surface area contributed by atoms with Gasteiger partial charge in [0, 0.05) is 6.61 Å². The number of carbonyl (C=O) groups excluding carboxylic acids is 1. The van der Waals surface area contributed by atoms with Gasteiger partial charge >= 0.3 is 0 Å². The van der Waals surface area contributed by atoms with Crippen molar-refractivity contribution >= 4 is 6.29 Å².